The molecule has 0 saturated heterocycles. The molecule has 1 nitrogen and oxygen atoms in total. The van der Waals surface area contributed by atoms with E-state index in [1.165, 1.54) is 5.56 Å². The molecule has 0 bridgehead atoms. The summed E-state index contributed by atoms with van der Waals surface area (Å²) < 4.78 is 5.31. The zero-order chi connectivity index (χ0) is 10.7. The minimum absolute atomic E-state index is 0.864. The van der Waals surface area contributed by atoms with Crippen LogP contribution in [0.5, 0.6) is 5.75 Å². The first-order chi connectivity index (χ1) is 7.31. The van der Waals surface area contributed by atoms with Gasteiger partial charge in [-0.25, -0.2) is 0 Å². The second-order valence-electron chi connectivity index (χ2n) is 3.48. The van der Waals surface area contributed by atoms with Gasteiger partial charge in [0.1, 0.15) is 5.75 Å². The van der Waals surface area contributed by atoms with E-state index in [0.29, 0.717) is 0 Å². The molecule has 0 saturated carbocycles. The van der Waals surface area contributed by atoms with Crippen molar-refractivity contribution in [1.82, 2.24) is 0 Å². The Bertz CT molecular complexity index is 460. The first-order valence-corrected chi connectivity index (χ1v) is 4.93. The van der Waals surface area contributed by atoms with E-state index >= 15 is 0 Å². The van der Waals surface area contributed by atoms with E-state index < -0.39 is 0 Å². The van der Waals surface area contributed by atoms with E-state index in [-0.39, 0.29) is 0 Å². The van der Waals surface area contributed by atoms with Crippen molar-refractivity contribution in [1.29, 1.82) is 0 Å². The number of hydrogen-bond donors (Lipinski definition) is 0. The topological polar surface area (TPSA) is 9.23 Å². The summed E-state index contributed by atoms with van der Waals surface area (Å²) in [6.45, 7) is 2.08. The molecule has 0 heterocycles. The van der Waals surface area contributed by atoms with Crippen molar-refractivity contribution in [3.05, 3.63) is 54.1 Å². The highest BCUT2D eigenvalue weighted by atomic mass is 16.5. The Morgan fingerprint density at radius 3 is 2.73 bits per heavy atom. The van der Waals surface area contributed by atoms with Crippen molar-refractivity contribution < 1.29 is 4.74 Å². The lowest BCUT2D eigenvalue weighted by Gasteiger charge is -2.08. The second kappa shape index (κ2) is 4.18. The van der Waals surface area contributed by atoms with Crippen molar-refractivity contribution in [2.75, 3.05) is 7.11 Å². The van der Waals surface area contributed by atoms with Gasteiger partial charge in [-0.15, -0.1) is 0 Å². The van der Waals surface area contributed by atoms with Gasteiger partial charge in [-0.2, -0.15) is 0 Å². The molecule has 0 aliphatic carbocycles. The fourth-order valence-corrected chi connectivity index (χ4v) is 1.62. The van der Waals surface area contributed by atoms with E-state index in [0.717, 1.165) is 16.9 Å². The summed E-state index contributed by atoms with van der Waals surface area (Å²) in [4.78, 5) is 0. The van der Waals surface area contributed by atoms with Crippen LogP contribution in [0.15, 0.2) is 42.5 Å². The Labute approximate surface area is 90.3 Å². The normalized spacial score (nSPS) is 10.0. The zero-order valence-electron chi connectivity index (χ0n) is 8.95. The summed E-state index contributed by atoms with van der Waals surface area (Å²) in [5, 5.41) is 0. The molecule has 0 spiro atoms. The van der Waals surface area contributed by atoms with E-state index in [2.05, 4.69) is 31.2 Å². The molecule has 1 heteroatoms. The summed E-state index contributed by atoms with van der Waals surface area (Å²) >= 11 is 0. The molecule has 2 aromatic rings. The number of methoxy groups -OCH3 is 1. The SMILES string of the molecule is COc1ccc[c]c1-c1cccc(C)c1. The van der Waals surface area contributed by atoms with Crippen LogP contribution in [0, 0.1) is 13.0 Å². The Morgan fingerprint density at radius 2 is 2.00 bits per heavy atom. The number of rotatable bonds is 2. The van der Waals surface area contributed by atoms with Crippen LogP contribution < -0.4 is 4.74 Å². The Balaban J connectivity index is 2.53. The van der Waals surface area contributed by atoms with Crippen LogP contribution in [0.3, 0.4) is 0 Å². The average Bonchev–Trinajstić information content (AvgIpc) is 2.29. The standard InChI is InChI=1S/C14H13O/c1-11-6-5-7-12(10-11)13-8-3-4-9-14(13)15-2/h3-7,9-10H,1-2H3. The Morgan fingerprint density at radius 1 is 1.13 bits per heavy atom. The summed E-state index contributed by atoms with van der Waals surface area (Å²) in [6.07, 6.45) is 0. The summed E-state index contributed by atoms with van der Waals surface area (Å²) in [6, 6.07) is 17.3. The lowest BCUT2D eigenvalue weighted by Crippen LogP contribution is -1.87. The molecule has 1 radical (unpaired) electrons. The van der Waals surface area contributed by atoms with Gasteiger partial charge in [0.25, 0.3) is 0 Å². The molecule has 75 valence electrons. The highest BCUT2D eigenvalue weighted by molar-refractivity contribution is 5.70. The third-order valence-corrected chi connectivity index (χ3v) is 2.34. The predicted molar refractivity (Wildman–Crippen MR) is 62.0 cm³/mol. The van der Waals surface area contributed by atoms with Crippen LogP contribution in [-0.4, -0.2) is 7.11 Å². The van der Waals surface area contributed by atoms with E-state index in [9.17, 15) is 0 Å². The largest absolute Gasteiger partial charge is 0.496 e. The lowest BCUT2D eigenvalue weighted by atomic mass is 10.0. The molecular weight excluding hydrogens is 184 g/mol. The van der Waals surface area contributed by atoms with Crippen molar-refractivity contribution >= 4 is 0 Å². The highest BCUT2D eigenvalue weighted by Crippen LogP contribution is 2.29. The molecule has 0 N–H and O–H groups in total. The Hall–Kier alpha value is -1.76. The molecular formula is C14H13O. The molecule has 0 aliphatic rings. The average molecular weight is 197 g/mol. The lowest BCUT2D eigenvalue weighted by molar-refractivity contribution is 0.416. The summed E-state index contributed by atoms with van der Waals surface area (Å²) in [7, 11) is 1.68. The van der Waals surface area contributed by atoms with Gasteiger partial charge in [-0.1, -0.05) is 42.0 Å². The minimum atomic E-state index is 0.864. The van der Waals surface area contributed by atoms with Gasteiger partial charge in [0.2, 0.25) is 0 Å². The number of ether oxygens (including phenoxy) is 1. The predicted octanol–water partition coefficient (Wildman–Crippen LogP) is 3.47. The van der Waals surface area contributed by atoms with Crippen LogP contribution in [0.1, 0.15) is 5.56 Å². The molecule has 0 unspecified atom stereocenters. The third kappa shape index (κ3) is 2.01. The summed E-state index contributed by atoms with van der Waals surface area (Å²) in [5.74, 6) is 0.864. The number of aryl methyl sites for hydroxylation is 1. The first-order valence-electron chi connectivity index (χ1n) is 4.93. The number of hydrogen-bond acceptors (Lipinski definition) is 1. The van der Waals surface area contributed by atoms with Crippen LogP contribution >= 0.6 is 0 Å². The maximum Gasteiger partial charge on any atom is 0.127 e. The zero-order valence-corrected chi connectivity index (χ0v) is 8.95. The second-order valence-corrected chi connectivity index (χ2v) is 3.48. The first kappa shape index (κ1) is 9.78. The molecule has 2 rings (SSSR count). The molecule has 0 amide bonds. The summed E-state index contributed by atoms with van der Waals surface area (Å²) in [5.41, 5.74) is 3.41. The van der Waals surface area contributed by atoms with Gasteiger partial charge in [0, 0.05) is 5.56 Å². The minimum Gasteiger partial charge on any atom is -0.496 e. The van der Waals surface area contributed by atoms with Gasteiger partial charge >= 0.3 is 0 Å². The monoisotopic (exact) mass is 197 g/mol. The van der Waals surface area contributed by atoms with Crippen LogP contribution in [0.4, 0.5) is 0 Å². The maximum atomic E-state index is 5.31. The van der Waals surface area contributed by atoms with Gasteiger partial charge < -0.3 is 4.74 Å². The van der Waals surface area contributed by atoms with E-state index in [4.69, 9.17) is 4.74 Å². The molecule has 0 aliphatic heterocycles. The molecule has 0 fully saturated rings. The van der Waals surface area contributed by atoms with Gasteiger partial charge in [-0.05, 0) is 24.6 Å². The quantitative estimate of drug-likeness (QED) is 0.716. The molecule has 0 atom stereocenters. The number of benzene rings is 2. The van der Waals surface area contributed by atoms with Crippen molar-refractivity contribution in [3.63, 3.8) is 0 Å². The molecule has 2 aromatic carbocycles. The van der Waals surface area contributed by atoms with Crippen LogP contribution in [0.2, 0.25) is 0 Å². The third-order valence-electron chi connectivity index (χ3n) is 2.34. The highest BCUT2D eigenvalue weighted by Gasteiger charge is 2.04. The van der Waals surface area contributed by atoms with Crippen molar-refractivity contribution in [3.8, 4) is 16.9 Å². The van der Waals surface area contributed by atoms with E-state index in [1.807, 2.05) is 24.3 Å². The van der Waals surface area contributed by atoms with Gasteiger partial charge in [0.15, 0.2) is 0 Å². The smallest absolute Gasteiger partial charge is 0.127 e. The van der Waals surface area contributed by atoms with Crippen LogP contribution in [0.25, 0.3) is 11.1 Å². The fraction of sp³-hybridized carbons (Fsp3) is 0.143. The van der Waals surface area contributed by atoms with E-state index in [1.54, 1.807) is 7.11 Å². The molecule has 0 aromatic heterocycles. The van der Waals surface area contributed by atoms with Crippen molar-refractivity contribution in [2.45, 2.75) is 6.92 Å². The van der Waals surface area contributed by atoms with Crippen molar-refractivity contribution in [2.24, 2.45) is 0 Å². The van der Waals surface area contributed by atoms with Crippen LogP contribution in [-0.2, 0) is 0 Å². The fourth-order valence-electron chi connectivity index (χ4n) is 1.62. The Kier molecular flexibility index (Phi) is 2.72. The molecule has 15 heavy (non-hydrogen) atoms. The van der Waals surface area contributed by atoms with Gasteiger partial charge in [-0.3, -0.25) is 0 Å². The maximum absolute atomic E-state index is 5.31. The van der Waals surface area contributed by atoms with Gasteiger partial charge in [0.05, 0.1) is 7.11 Å².